The number of benzene rings is 1. The first kappa shape index (κ1) is 18.6. The third-order valence-corrected chi connectivity index (χ3v) is 5.43. The van der Waals surface area contributed by atoms with Crippen LogP contribution >= 0.6 is 0 Å². The van der Waals surface area contributed by atoms with E-state index in [2.05, 4.69) is 23.8 Å². The van der Waals surface area contributed by atoms with Crippen LogP contribution in [0.3, 0.4) is 0 Å². The summed E-state index contributed by atoms with van der Waals surface area (Å²) in [7, 11) is 0. The van der Waals surface area contributed by atoms with Gasteiger partial charge in [-0.25, -0.2) is 4.39 Å². The van der Waals surface area contributed by atoms with Crippen molar-refractivity contribution < 1.29 is 14.3 Å². The van der Waals surface area contributed by atoms with Crippen molar-refractivity contribution in [1.82, 2.24) is 9.97 Å². The SMILES string of the molecule is CC1(C)CC(=O)c2c([nH]c(-c3ccncc3)c2Cc2ccc(F)cc2CO)C1. The Kier molecular flexibility index (Phi) is 4.63. The largest absolute Gasteiger partial charge is 0.392 e. The second-order valence-corrected chi connectivity index (χ2v) is 8.26. The van der Waals surface area contributed by atoms with Crippen molar-refractivity contribution >= 4 is 5.78 Å². The molecule has 4 rings (SSSR count). The number of carbonyl (C=O) groups is 1. The van der Waals surface area contributed by atoms with E-state index in [0.717, 1.165) is 40.1 Å². The van der Waals surface area contributed by atoms with Crippen LogP contribution in [-0.4, -0.2) is 20.9 Å². The van der Waals surface area contributed by atoms with Crippen molar-refractivity contribution in [2.75, 3.05) is 0 Å². The summed E-state index contributed by atoms with van der Waals surface area (Å²) in [6.07, 6.45) is 5.19. The molecule has 1 aliphatic rings. The summed E-state index contributed by atoms with van der Waals surface area (Å²) >= 11 is 0. The zero-order chi connectivity index (χ0) is 19.9. The normalized spacial score (nSPS) is 15.5. The number of Topliss-reactive ketones (excluding diaryl/α,β-unsaturated/α-hetero) is 1. The second-order valence-electron chi connectivity index (χ2n) is 8.26. The van der Waals surface area contributed by atoms with Gasteiger partial charge in [-0.1, -0.05) is 19.9 Å². The van der Waals surface area contributed by atoms with Crippen LogP contribution in [0, 0.1) is 11.2 Å². The summed E-state index contributed by atoms with van der Waals surface area (Å²) in [5.74, 6) is -0.249. The molecule has 5 heteroatoms. The molecule has 0 amide bonds. The van der Waals surface area contributed by atoms with Gasteiger partial charge in [0.05, 0.1) is 12.3 Å². The van der Waals surface area contributed by atoms with Crippen LogP contribution in [0.5, 0.6) is 0 Å². The lowest BCUT2D eigenvalue weighted by atomic mass is 9.75. The Morgan fingerprint density at radius 2 is 1.89 bits per heavy atom. The Balaban J connectivity index is 1.88. The molecule has 2 heterocycles. The predicted molar refractivity (Wildman–Crippen MR) is 106 cm³/mol. The molecule has 2 aromatic heterocycles. The number of hydrogen-bond donors (Lipinski definition) is 2. The summed E-state index contributed by atoms with van der Waals surface area (Å²) in [6.45, 7) is 3.96. The fourth-order valence-corrected chi connectivity index (χ4v) is 4.18. The van der Waals surface area contributed by atoms with E-state index >= 15 is 0 Å². The van der Waals surface area contributed by atoms with Crippen molar-refractivity contribution in [3.63, 3.8) is 0 Å². The molecule has 1 aromatic carbocycles. The molecule has 0 unspecified atom stereocenters. The van der Waals surface area contributed by atoms with E-state index in [-0.39, 0.29) is 23.6 Å². The van der Waals surface area contributed by atoms with Crippen LogP contribution in [-0.2, 0) is 19.4 Å². The lowest BCUT2D eigenvalue weighted by Gasteiger charge is -2.28. The van der Waals surface area contributed by atoms with E-state index in [9.17, 15) is 14.3 Å². The van der Waals surface area contributed by atoms with Crippen molar-refractivity contribution in [2.45, 2.75) is 39.7 Å². The van der Waals surface area contributed by atoms with Crippen molar-refractivity contribution in [3.05, 3.63) is 76.5 Å². The van der Waals surface area contributed by atoms with Gasteiger partial charge >= 0.3 is 0 Å². The molecule has 144 valence electrons. The van der Waals surface area contributed by atoms with Gasteiger partial charge in [0, 0.05) is 42.1 Å². The number of aliphatic hydroxyl groups is 1. The molecule has 0 saturated carbocycles. The van der Waals surface area contributed by atoms with E-state index in [1.54, 1.807) is 18.5 Å². The molecule has 28 heavy (non-hydrogen) atoms. The molecule has 0 saturated heterocycles. The van der Waals surface area contributed by atoms with Crippen LogP contribution in [0.2, 0.25) is 0 Å². The average Bonchev–Trinajstić information content (AvgIpc) is 3.01. The number of hydrogen-bond acceptors (Lipinski definition) is 3. The van der Waals surface area contributed by atoms with E-state index in [0.29, 0.717) is 18.4 Å². The summed E-state index contributed by atoms with van der Waals surface area (Å²) in [5, 5.41) is 9.67. The molecule has 0 atom stereocenters. The van der Waals surface area contributed by atoms with Crippen molar-refractivity contribution in [2.24, 2.45) is 5.41 Å². The van der Waals surface area contributed by atoms with Gasteiger partial charge in [0.25, 0.3) is 0 Å². The molecular weight excluding hydrogens is 355 g/mol. The topological polar surface area (TPSA) is 66.0 Å². The van der Waals surface area contributed by atoms with Gasteiger partial charge in [0.2, 0.25) is 0 Å². The van der Waals surface area contributed by atoms with Gasteiger partial charge in [0.15, 0.2) is 5.78 Å². The molecule has 2 N–H and O–H groups in total. The fourth-order valence-electron chi connectivity index (χ4n) is 4.18. The van der Waals surface area contributed by atoms with Crippen LogP contribution in [0.25, 0.3) is 11.3 Å². The number of carbonyl (C=O) groups excluding carboxylic acids is 1. The van der Waals surface area contributed by atoms with Gasteiger partial charge in [0.1, 0.15) is 5.82 Å². The minimum atomic E-state index is -0.379. The maximum Gasteiger partial charge on any atom is 0.165 e. The zero-order valence-corrected chi connectivity index (χ0v) is 16.1. The van der Waals surface area contributed by atoms with E-state index in [4.69, 9.17) is 0 Å². The quantitative estimate of drug-likeness (QED) is 0.705. The number of pyridine rings is 1. The summed E-state index contributed by atoms with van der Waals surface area (Å²) in [5.41, 5.74) is 5.73. The molecule has 1 aliphatic carbocycles. The first-order valence-corrected chi connectivity index (χ1v) is 9.43. The van der Waals surface area contributed by atoms with Crippen LogP contribution in [0.4, 0.5) is 4.39 Å². The lowest BCUT2D eigenvalue weighted by molar-refractivity contribution is 0.0911. The smallest absolute Gasteiger partial charge is 0.165 e. The monoisotopic (exact) mass is 378 g/mol. The van der Waals surface area contributed by atoms with Gasteiger partial charge in [-0.3, -0.25) is 9.78 Å². The molecule has 4 nitrogen and oxygen atoms in total. The number of rotatable bonds is 4. The number of ketones is 1. The number of nitrogens with one attached hydrogen (secondary N) is 1. The van der Waals surface area contributed by atoms with Gasteiger partial charge in [-0.05, 0) is 52.8 Å². The average molecular weight is 378 g/mol. The van der Waals surface area contributed by atoms with E-state index in [1.165, 1.54) is 12.1 Å². The number of nitrogens with zero attached hydrogens (tertiary/aromatic N) is 1. The van der Waals surface area contributed by atoms with Gasteiger partial charge in [-0.15, -0.1) is 0 Å². The molecule has 0 bridgehead atoms. The number of aliphatic hydroxyl groups excluding tert-OH is 1. The Labute approximate surface area is 163 Å². The highest BCUT2D eigenvalue weighted by Crippen LogP contribution is 2.40. The molecule has 0 fully saturated rings. The summed E-state index contributed by atoms with van der Waals surface area (Å²) < 4.78 is 13.6. The fraction of sp³-hybridized carbons (Fsp3) is 0.304. The van der Waals surface area contributed by atoms with Crippen LogP contribution in [0.1, 0.15) is 53.0 Å². The first-order valence-electron chi connectivity index (χ1n) is 9.43. The highest BCUT2D eigenvalue weighted by Gasteiger charge is 2.35. The van der Waals surface area contributed by atoms with Gasteiger partial charge in [-0.2, -0.15) is 0 Å². The zero-order valence-electron chi connectivity index (χ0n) is 16.1. The highest BCUT2D eigenvalue weighted by molar-refractivity contribution is 6.02. The molecule has 0 radical (unpaired) electrons. The Morgan fingerprint density at radius 3 is 2.61 bits per heavy atom. The first-order chi connectivity index (χ1) is 13.4. The van der Waals surface area contributed by atoms with Gasteiger partial charge < -0.3 is 10.1 Å². The van der Waals surface area contributed by atoms with Crippen molar-refractivity contribution in [1.29, 1.82) is 0 Å². The standard InChI is InChI=1S/C23H23FN2O2/c1-23(2)11-19-21(20(28)12-23)18(22(26-19)14-5-7-25-8-6-14)10-15-3-4-17(24)9-16(15)13-27/h3-9,26-27H,10-13H2,1-2H3. The lowest BCUT2D eigenvalue weighted by Crippen LogP contribution is -2.27. The van der Waals surface area contributed by atoms with E-state index in [1.807, 2.05) is 12.1 Å². The minimum Gasteiger partial charge on any atom is -0.392 e. The van der Waals surface area contributed by atoms with E-state index < -0.39 is 0 Å². The number of H-pyrrole nitrogens is 1. The van der Waals surface area contributed by atoms with Crippen molar-refractivity contribution in [3.8, 4) is 11.3 Å². The molecule has 3 aromatic rings. The third-order valence-electron chi connectivity index (χ3n) is 5.43. The number of fused-ring (bicyclic) bond motifs is 1. The Bertz CT molecular complexity index is 1040. The Hall–Kier alpha value is -2.79. The highest BCUT2D eigenvalue weighted by atomic mass is 19.1. The molecule has 0 aliphatic heterocycles. The Morgan fingerprint density at radius 1 is 1.14 bits per heavy atom. The minimum absolute atomic E-state index is 0.0894. The van der Waals surface area contributed by atoms with Crippen LogP contribution in [0.15, 0.2) is 42.7 Å². The second kappa shape index (κ2) is 6.99. The molecule has 0 spiro atoms. The van der Waals surface area contributed by atoms with Crippen LogP contribution < -0.4 is 0 Å². The number of aromatic nitrogens is 2. The number of halogens is 1. The maximum absolute atomic E-state index is 13.6. The predicted octanol–water partition coefficient (Wildman–Crippen LogP) is 4.45. The number of aromatic amines is 1. The maximum atomic E-state index is 13.6. The molecular formula is C23H23FN2O2. The summed E-state index contributed by atoms with van der Waals surface area (Å²) in [4.78, 5) is 20.6. The summed E-state index contributed by atoms with van der Waals surface area (Å²) in [6, 6.07) is 8.26. The third kappa shape index (κ3) is 3.38.